The fourth-order valence-corrected chi connectivity index (χ4v) is 10.2. The third-order valence-corrected chi connectivity index (χ3v) is 11.8. The van der Waals surface area contributed by atoms with E-state index in [0.717, 1.165) is 44.8 Å². The summed E-state index contributed by atoms with van der Waals surface area (Å²) in [6.45, 7) is 9.85. The maximum atomic E-state index is 11.8. The molecule has 0 aliphatic heterocycles. The Balaban J connectivity index is 1.51. The zero-order valence-corrected chi connectivity index (χ0v) is 22.3. The molecular weight excluding hydrogens is 436 g/mol. The summed E-state index contributed by atoms with van der Waals surface area (Å²) in [5.74, 6) is 3.45. The van der Waals surface area contributed by atoms with Crippen LogP contribution in [0.5, 0.6) is 0 Å². The predicted molar refractivity (Wildman–Crippen MR) is 131 cm³/mol. The number of hydrogen-bond acceptors (Lipinski definition) is 5. The van der Waals surface area contributed by atoms with Crippen LogP contribution >= 0.6 is 0 Å². The minimum absolute atomic E-state index is 0.196. The van der Waals surface area contributed by atoms with Crippen LogP contribution in [0, 0.1) is 52.3 Å². The van der Waals surface area contributed by atoms with Crippen LogP contribution in [0.4, 0.5) is 0 Å². The van der Waals surface area contributed by atoms with Crippen molar-refractivity contribution in [2.75, 3.05) is 12.9 Å². The lowest BCUT2D eigenvalue weighted by Crippen LogP contribution is -2.62. The molecule has 192 valence electrons. The first-order chi connectivity index (χ1) is 15.4. The number of fused-ring (bicyclic) bond motifs is 5. The monoisotopic (exact) mass is 484 g/mol. The summed E-state index contributed by atoms with van der Waals surface area (Å²) in [6.07, 6.45) is 11.2. The highest BCUT2D eigenvalue weighted by Crippen LogP contribution is 2.69. The zero-order chi connectivity index (χ0) is 24.2. The maximum absolute atomic E-state index is 11.8. The first-order valence-corrected chi connectivity index (χ1v) is 15.4. The number of aliphatic hydroxyl groups excluding tert-OH is 2. The Morgan fingerprint density at radius 3 is 2.33 bits per heavy atom. The molecule has 0 spiro atoms. The van der Waals surface area contributed by atoms with Crippen molar-refractivity contribution in [3.05, 3.63) is 0 Å². The predicted octanol–water partition coefficient (Wildman–Crippen LogP) is 5.01. The highest BCUT2D eigenvalue weighted by molar-refractivity contribution is 7.85. The van der Waals surface area contributed by atoms with Crippen molar-refractivity contribution in [2.45, 2.75) is 104 Å². The van der Waals surface area contributed by atoms with E-state index in [1.807, 2.05) is 0 Å². The lowest BCUT2D eigenvalue weighted by Gasteiger charge is -2.64. The second kappa shape index (κ2) is 9.37. The van der Waals surface area contributed by atoms with Gasteiger partial charge in [-0.1, -0.05) is 34.1 Å². The topological polar surface area (TPSA) is 83.8 Å². The van der Waals surface area contributed by atoms with Crippen LogP contribution in [-0.4, -0.2) is 43.7 Å². The van der Waals surface area contributed by atoms with Crippen LogP contribution in [0.3, 0.4) is 0 Å². The van der Waals surface area contributed by atoms with Crippen molar-refractivity contribution in [3.63, 3.8) is 0 Å². The van der Waals surface area contributed by atoms with Gasteiger partial charge >= 0.3 is 0 Å². The molecule has 0 bridgehead atoms. The molecule has 4 saturated carbocycles. The van der Waals surface area contributed by atoms with Crippen molar-refractivity contribution in [2.24, 2.45) is 52.3 Å². The fourth-order valence-electron chi connectivity index (χ4n) is 9.75. The third-order valence-electron chi connectivity index (χ3n) is 11.3. The standard InChI is InChI=1S/C27H48O5S/c1-6-19-23-16-18(28)11-13-27(23,4)22-12-14-26(3)20(9-10-21(26)24(22)25(19)29)17(2)8-7-15-32-33(5,30)31/h17-25,28-29H,6-16H2,1-5H3/t17-,18-,19-,20-,21+,22+,23+,24+,25-,26-,27-/m1/s1. The van der Waals surface area contributed by atoms with E-state index in [-0.39, 0.29) is 29.6 Å². The number of rotatable bonds is 7. The number of hydrogen-bond donors (Lipinski definition) is 2. The summed E-state index contributed by atoms with van der Waals surface area (Å²) in [5.41, 5.74) is 0.507. The molecule has 0 amide bonds. The van der Waals surface area contributed by atoms with Gasteiger partial charge in [-0.25, -0.2) is 0 Å². The van der Waals surface area contributed by atoms with Crippen molar-refractivity contribution < 1.29 is 22.8 Å². The summed E-state index contributed by atoms with van der Waals surface area (Å²) in [5, 5.41) is 22.2. The molecule has 5 nitrogen and oxygen atoms in total. The Bertz CT molecular complexity index is 798. The van der Waals surface area contributed by atoms with Gasteiger partial charge in [0.15, 0.2) is 0 Å². The van der Waals surface area contributed by atoms with Gasteiger partial charge in [0, 0.05) is 0 Å². The van der Waals surface area contributed by atoms with Crippen LogP contribution in [0.1, 0.15) is 91.9 Å². The average Bonchev–Trinajstić information content (AvgIpc) is 3.09. The molecule has 0 aromatic carbocycles. The molecule has 0 heterocycles. The van der Waals surface area contributed by atoms with E-state index in [0.29, 0.717) is 41.4 Å². The lowest BCUT2D eigenvalue weighted by atomic mass is 9.41. The molecule has 33 heavy (non-hydrogen) atoms. The largest absolute Gasteiger partial charge is 0.393 e. The van der Waals surface area contributed by atoms with Crippen molar-refractivity contribution >= 4 is 10.1 Å². The van der Waals surface area contributed by atoms with Crippen LogP contribution < -0.4 is 0 Å². The Morgan fingerprint density at radius 2 is 1.67 bits per heavy atom. The molecule has 6 heteroatoms. The molecule has 4 aliphatic carbocycles. The Morgan fingerprint density at radius 1 is 1.00 bits per heavy atom. The van der Waals surface area contributed by atoms with Gasteiger partial charge in [-0.15, -0.1) is 0 Å². The normalized spacial score (nSPS) is 48.6. The van der Waals surface area contributed by atoms with E-state index in [2.05, 4.69) is 27.7 Å². The van der Waals surface area contributed by atoms with Crippen LogP contribution in [0.25, 0.3) is 0 Å². The smallest absolute Gasteiger partial charge is 0.264 e. The van der Waals surface area contributed by atoms with Gasteiger partial charge in [0.05, 0.1) is 25.1 Å². The van der Waals surface area contributed by atoms with Crippen molar-refractivity contribution in [1.29, 1.82) is 0 Å². The Kier molecular flexibility index (Phi) is 7.35. The number of aliphatic hydroxyl groups is 2. The first kappa shape index (κ1) is 25.9. The molecule has 0 aromatic heterocycles. The zero-order valence-electron chi connectivity index (χ0n) is 21.5. The second-order valence-electron chi connectivity index (χ2n) is 12.8. The molecule has 0 aromatic rings. The fraction of sp³-hybridized carbons (Fsp3) is 1.00. The first-order valence-electron chi connectivity index (χ1n) is 13.6. The van der Waals surface area contributed by atoms with Gasteiger partial charge in [-0.2, -0.15) is 8.42 Å². The average molecular weight is 485 g/mol. The van der Waals surface area contributed by atoms with E-state index in [1.165, 1.54) is 25.7 Å². The third kappa shape index (κ3) is 4.56. The molecule has 0 radical (unpaired) electrons. The molecule has 0 unspecified atom stereocenters. The van der Waals surface area contributed by atoms with Crippen molar-refractivity contribution in [3.8, 4) is 0 Å². The summed E-state index contributed by atoms with van der Waals surface area (Å²) in [4.78, 5) is 0. The summed E-state index contributed by atoms with van der Waals surface area (Å²) >= 11 is 0. The molecule has 11 atom stereocenters. The van der Waals surface area contributed by atoms with Gasteiger partial charge in [0.25, 0.3) is 10.1 Å². The van der Waals surface area contributed by atoms with E-state index in [4.69, 9.17) is 4.18 Å². The highest BCUT2D eigenvalue weighted by atomic mass is 32.2. The van der Waals surface area contributed by atoms with E-state index in [1.54, 1.807) is 0 Å². The van der Waals surface area contributed by atoms with Gasteiger partial charge in [0.2, 0.25) is 0 Å². The summed E-state index contributed by atoms with van der Waals surface area (Å²) in [7, 11) is -3.36. The van der Waals surface area contributed by atoms with Crippen LogP contribution in [-0.2, 0) is 14.3 Å². The van der Waals surface area contributed by atoms with E-state index >= 15 is 0 Å². The summed E-state index contributed by atoms with van der Waals surface area (Å²) in [6, 6.07) is 0. The maximum Gasteiger partial charge on any atom is 0.264 e. The highest BCUT2D eigenvalue weighted by Gasteiger charge is 2.64. The van der Waals surface area contributed by atoms with E-state index in [9.17, 15) is 18.6 Å². The quantitative estimate of drug-likeness (QED) is 0.392. The SMILES string of the molecule is CC[C@H]1[C@@H](O)[C@@H]2[C@H](CC[C@]3(C)[C@@H]([C@H](C)CCCOS(C)(=O)=O)CC[C@@H]23)[C@@]2(C)CC[C@@H](O)C[C@@H]12. The van der Waals surface area contributed by atoms with Crippen molar-refractivity contribution in [1.82, 2.24) is 0 Å². The molecule has 0 saturated heterocycles. The van der Waals surface area contributed by atoms with E-state index < -0.39 is 10.1 Å². The minimum atomic E-state index is -3.36. The Hall–Kier alpha value is -0.170. The molecule has 4 aliphatic rings. The van der Waals surface area contributed by atoms with Crippen LogP contribution in [0.2, 0.25) is 0 Å². The lowest BCUT2D eigenvalue weighted by molar-refractivity contribution is -0.203. The summed E-state index contributed by atoms with van der Waals surface area (Å²) < 4.78 is 27.5. The Labute approximate surface area is 202 Å². The minimum Gasteiger partial charge on any atom is -0.393 e. The van der Waals surface area contributed by atoms with Gasteiger partial charge in [-0.05, 0) is 110 Å². The molecule has 2 N–H and O–H groups in total. The molecule has 4 rings (SSSR count). The van der Waals surface area contributed by atoms with Gasteiger partial charge < -0.3 is 10.2 Å². The molecule has 4 fully saturated rings. The molecular formula is C27H48O5S. The van der Waals surface area contributed by atoms with Gasteiger partial charge in [-0.3, -0.25) is 4.18 Å². The second-order valence-corrected chi connectivity index (χ2v) is 14.4. The van der Waals surface area contributed by atoms with Crippen LogP contribution in [0.15, 0.2) is 0 Å². The van der Waals surface area contributed by atoms with Gasteiger partial charge in [0.1, 0.15) is 0 Å².